The van der Waals surface area contributed by atoms with Crippen molar-refractivity contribution < 1.29 is 13.9 Å². The van der Waals surface area contributed by atoms with Gasteiger partial charge >= 0.3 is 0 Å². The van der Waals surface area contributed by atoms with E-state index in [-0.39, 0.29) is 16.0 Å². The third-order valence-corrected chi connectivity index (χ3v) is 2.94. The highest BCUT2D eigenvalue weighted by Gasteiger charge is 2.15. The molecule has 1 atom stereocenters. The van der Waals surface area contributed by atoms with Crippen molar-refractivity contribution in [2.24, 2.45) is 0 Å². The number of nitrogens with one attached hydrogen (secondary N) is 1. The maximum absolute atomic E-state index is 13.4. The van der Waals surface area contributed by atoms with Gasteiger partial charge in [-0.1, -0.05) is 17.7 Å². The number of hydrogen-bond acceptors (Lipinski definition) is 2. The zero-order valence-electron chi connectivity index (χ0n) is 9.88. The van der Waals surface area contributed by atoms with Crippen molar-refractivity contribution in [3.8, 4) is 0 Å². The highest BCUT2D eigenvalue weighted by molar-refractivity contribution is 6.33. The fourth-order valence-corrected chi connectivity index (χ4v) is 1.89. The van der Waals surface area contributed by atoms with E-state index in [1.165, 1.54) is 18.2 Å². The van der Waals surface area contributed by atoms with Gasteiger partial charge in [0.25, 0.3) is 5.91 Å². The minimum absolute atomic E-state index is 0.0896. The van der Waals surface area contributed by atoms with Crippen LogP contribution in [0.25, 0.3) is 0 Å². The summed E-state index contributed by atoms with van der Waals surface area (Å²) in [4.78, 5) is 11.7. The lowest BCUT2D eigenvalue weighted by Crippen LogP contribution is -2.28. The predicted molar refractivity (Wildman–Crippen MR) is 69.9 cm³/mol. The molecule has 1 N–H and O–H groups in total. The van der Waals surface area contributed by atoms with Gasteiger partial charge in [0, 0.05) is 13.7 Å². The summed E-state index contributed by atoms with van der Waals surface area (Å²) in [6.45, 7) is 0.735. The molecule has 1 amide bonds. The summed E-state index contributed by atoms with van der Waals surface area (Å²) in [6, 6.07) is 4.10. The standard InChI is InChI=1S/C12H14Cl2FNO2/c1-18-7-8(13)5-6-16-12(17)11-9(14)3-2-4-10(11)15/h2-4,8H,5-7H2,1H3,(H,16,17). The average Bonchev–Trinajstić information content (AvgIpc) is 2.29. The number of carbonyl (C=O) groups excluding carboxylic acids is 1. The number of methoxy groups -OCH3 is 1. The van der Waals surface area contributed by atoms with Crippen LogP contribution in [0.3, 0.4) is 0 Å². The summed E-state index contributed by atoms with van der Waals surface area (Å²) in [5, 5.41) is 2.47. The summed E-state index contributed by atoms with van der Waals surface area (Å²) in [5.41, 5.74) is -0.142. The first kappa shape index (κ1) is 15.2. The molecule has 0 aliphatic carbocycles. The number of ether oxygens (including phenoxy) is 1. The molecule has 3 nitrogen and oxygen atoms in total. The maximum atomic E-state index is 13.4. The summed E-state index contributed by atoms with van der Waals surface area (Å²) >= 11 is 11.7. The summed E-state index contributed by atoms with van der Waals surface area (Å²) < 4.78 is 18.3. The maximum Gasteiger partial charge on any atom is 0.255 e. The SMILES string of the molecule is COCC(Cl)CCNC(=O)c1c(F)cccc1Cl. The van der Waals surface area contributed by atoms with Crippen LogP contribution in [0.15, 0.2) is 18.2 Å². The number of carbonyl (C=O) groups is 1. The molecule has 1 aromatic rings. The van der Waals surface area contributed by atoms with Gasteiger partial charge in [-0.15, -0.1) is 11.6 Å². The van der Waals surface area contributed by atoms with Crippen LogP contribution in [0, 0.1) is 5.82 Å². The Morgan fingerprint density at radius 1 is 1.56 bits per heavy atom. The Hall–Kier alpha value is -0.840. The highest BCUT2D eigenvalue weighted by atomic mass is 35.5. The summed E-state index contributed by atoms with van der Waals surface area (Å²) in [6.07, 6.45) is 0.535. The van der Waals surface area contributed by atoms with Crippen molar-refractivity contribution in [1.82, 2.24) is 5.32 Å². The number of amides is 1. The Bertz CT molecular complexity index is 395. The largest absolute Gasteiger partial charge is 0.383 e. The molecule has 0 bridgehead atoms. The van der Waals surface area contributed by atoms with Gasteiger partial charge in [0.15, 0.2) is 0 Å². The first-order valence-electron chi connectivity index (χ1n) is 5.41. The third-order valence-electron chi connectivity index (χ3n) is 2.28. The lowest BCUT2D eigenvalue weighted by atomic mass is 10.2. The molecule has 0 saturated carbocycles. The Balaban J connectivity index is 2.51. The van der Waals surface area contributed by atoms with E-state index in [9.17, 15) is 9.18 Å². The lowest BCUT2D eigenvalue weighted by Gasteiger charge is -2.10. The second kappa shape index (κ2) is 7.56. The van der Waals surface area contributed by atoms with E-state index in [1.54, 1.807) is 7.11 Å². The fourth-order valence-electron chi connectivity index (χ4n) is 1.41. The van der Waals surface area contributed by atoms with Gasteiger partial charge in [0.05, 0.1) is 22.6 Å². The predicted octanol–water partition coefficient (Wildman–Crippen LogP) is 2.85. The molecular formula is C12H14Cl2FNO2. The molecule has 1 aromatic carbocycles. The van der Waals surface area contributed by atoms with Gasteiger partial charge in [-0.3, -0.25) is 4.79 Å². The van der Waals surface area contributed by atoms with Crippen LogP contribution < -0.4 is 5.32 Å². The van der Waals surface area contributed by atoms with Crippen molar-refractivity contribution in [3.05, 3.63) is 34.6 Å². The van der Waals surface area contributed by atoms with Gasteiger partial charge in [-0.25, -0.2) is 4.39 Å². The van der Waals surface area contributed by atoms with Crippen LogP contribution in [-0.2, 0) is 4.74 Å². The fraction of sp³-hybridized carbons (Fsp3) is 0.417. The van der Waals surface area contributed by atoms with E-state index in [0.717, 1.165) is 0 Å². The summed E-state index contributed by atoms with van der Waals surface area (Å²) in [7, 11) is 1.55. The Morgan fingerprint density at radius 3 is 2.89 bits per heavy atom. The smallest absolute Gasteiger partial charge is 0.255 e. The molecule has 0 heterocycles. The van der Waals surface area contributed by atoms with E-state index in [4.69, 9.17) is 27.9 Å². The van der Waals surface area contributed by atoms with Crippen molar-refractivity contribution in [2.75, 3.05) is 20.3 Å². The normalized spacial score (nSPS) is 12.2. The average molecular weight is 294 g/mol. The zero-order chi connectivity index (χ0) is 13.5. The number of benzene rings is 1. The Kier molecular flexibility index (Phi) is 6.39. The Morgan fingerprint density at radius 2 is 2.28 bits per heavy atom. The van der Waals surface area contributed by atoms with Crippen molar-refractivity contribution in [3.63, 3.8) is 0 Å². The minimum Gasteiger partial charge on any atom is -0.383 e. The van der Waals surface area contributed by atoms with Crippen LogP contribution in [0.2, 0.25) is 5.02 Å². The van der Waals surface area contributed by atoms with E-state index in [1.807, 2.05) is 0 Å². The van der Waals surface area contributed by atoms with Crippen molar-refractivity contribution in [1.29, 1.82) is 0 Å². The van der Waals surface area contributed by atoms with Crippen molar-refractivity contribution in [2.45, 2.75) is 11.8 Å². The number of hydrogen-bond donors (Lipinski definition) is 1. The topological polar surface area (TPSA) is 38.3 Å². The van der Waals surface area contributed by atoms with Crippen LogP contribution >= 0.6 is 23.2 Å². The second-order valence-electron chi connectivity index (χ2n) is 3.69. The Labute approximate surface area is 115 Å². The van der Waals surface area contributed by atoms with E-state index in [2.05, 4.69) is 5.32 Å². The van der Waals surface area contributed by atoms with Crippen LogP contribution in [-0.4, -0.2) is 31.5 Å². The zero-order valence-corrected chi connectivity index (χ0v) is 11.4. The molecule has 0 saturated heterocycles. The van der Waals surface area contributed by atoms with Gasteiger partial charge in [0.1, 0.15) is 5.82 Å². The van der Waals surface area contributed by atoms with Crippen LogP contribution in [0.1, 0.15) is 16.8 Å². The molecule has 0 aliphatic heterocycles. The molecule has 1 rings (SSSR count). The lowest BCUT2D eigenvalue weighted by molar-refractivity contribution is 0.0948. The van der Waals surface area contributed by atoms with E-state index >= 15 is 0 Å². The third kappa shape index (κ3) is 4.44. The number of halogens is 3. The molecule has 1 unspecified atom stereocenters. The molecule has 0 radical (unpaired) electrons. The molecule has 100 valence electrons. The molecule has 18 heavy (non-hydrogen) atoms. The molecule has 0 aromatic heterocycles. The van der Waals surface area contributed by atoms with Gasteiger partial charge in [-0.2, -0.15) is 0 Å². The minimum atomic E-state index is -0.640. The molecule has 6 heteroatoms. The number of rotatable bonds is 6. The molecule has 0 aliphatic rings. The molecular weight excluding hydrogens is 280 g/mol. The monoisotopic (exact) mass is 293 g/mol. The van der Waals surface area contributed by atoms with Crippen LogP contribution in [0.4, 0.5) is 4.39 Å². The molecule has 0 fully saturated rings. The number of alkyl halides is 1. The van der Waals surface area contributed by atoms with Gasteiger partial charge in [-0.05, 0) is 18.6 Å². The van der Waals surface area contributed by atoms with E-state index in [0.29, 0.717) is 19.6 Å². The van der Waals surface area contributed by atoms with E-state index < -0.39 is 11.7 Å². The van der Waals surface area contributed by atoms with Crippen molar-refractivity contribution >= 4 is 29.1 Å². The quantitative estimate of drug-likeness (QED) is 0.819. The van der Waals surface area contributed by atoms with Gasteiger partial charge < -0.3 is 10.1 Å². The molecule has 0 spiro atoms. The first-order chi connectivity index (χ1) is 8.56. The first-order valence-corrected chi connectivity index (χ1v) is 6.23. The van der Waals surface area contributed by atoms with Gasteiger partial charge in [0.2, 0.25) is 0 Å². The van der Waals surface area contributed by atoms with Crippen LogP contribution in [0.5, 0.6) is 0 Å². The summed E-state index contributed by atoms with van der Waals surface area (Å²) in [5.74, 6) is -1.18. The second-order valence-corrected chi connectivity index (χ2v) is 4.72. The highest BCUT2D eigenvalue weighted by Crippen LogP contribution is 2.18.